The lowest BCUT2D eigenvalue weighted by Gasteiger charge is -2.59. The first-order chi connectivity index (χ1) is 14.1. The number of carbonyl (C=O) groups excluding carboxylic acids is 2. The molecule has 4 rings (SSSR count). The number of nitrogens with zero attached hydrogens (tertiary/aromatic N) is 4. The zero-order chi connectivity index (χ0) is 21.7. The fraction of sp³-hybridized carbons (Fsp3) is 0.619. The van der Waals surface area contributed by atoms with Crippen molar-refractivity contribution in [2.75, 3.05) is 37.6 Å². The molecule has 0 aromatic heterocycles. The van der Waals surface area contributed by atoms with E-state index in [4.69, 9.17) is 4.74 Å². The van der Waals surface area contributed by atoms with Gasteiger partial charge in [0.25, 0.3) is 5.69 Å². The smallest absolute Gasteiger partial charge is 0.410 e. The van der Waals surface area contributed by atoms with Gasteiger partial charge in [0.15, 0.2) is 0 Å². The van der Waals surface area contributed by atoms with Crippen LogP contribution in [0.1, 0.15) is 33.6 Å². The van der Waals surface area contributed by atoms with Crippen molar-refractivity contribution < 1.29 is 19.2 Å². The maximum atomic E-state index is 13.0. The lowest BCUT2D eigenvalue weighted by Crippen LogP contribution is -2.73. The summed E-state index contributed by atoms with van der Waals surface area (Å²) < 4.78 is 5.40. The van der Waals surface area contributed by atoms with Crippen LogP contribution < -0.4 is 4.90 Å². The van der Waals surface area contributed by atoms with Gasteiger partial charge in [-0.2, -0.15) is 0 Å². The molecule has 0 unspecified atom stereocenters. The summed E-state index contributed by atoms with van der Waals surface area (Å²) in [6.07, 6.45) is 1.63. The molecule has 0 bridgehead atoms. The fourth-order valence-corrected chi connectivity index (χ4v) is 4.33. The number of carbonyl (C=O) groups is 2. The highest BCUT2D eigenvalue weighted by Gasteiger charge is 2.54. The summed E-state index contributed by atoms with van der Waals surface area (Å²) >= 11 is 0. The van der Waals surface area contributed by atoms with Crippen LogP contribution in [0.15, 0.2) is 24.3 Å². The van der Waals surface area contributed by atoms with Gasteiger partial charge in [-0.25, -0.2) is 4.79 Å². The molecule has 3 aliphatic rings. The molecule has 2 aliphatic heterocycles. The van der Waals surface area contributed by atoms with E-state index in [1.54, 1.807) is 21.9 Å². The van der Waals surface area contributed by atoms with Crippen LogP contribution in [0.4, 0.5) is 16.2 Å². The Morgan fingerprint density at radius 1 is 1.17 bits per heavy atom. The zero-order valence-electron chi connectivity index (χ0n) is 17.7. The van der Waals surface area contributed by atoms with Crippen molar-refractivity contribution >= 4 is 23.4 Å². The van der Waals surface area contributed by atoms with Gasteiger partial charge in [0, 0.05) is 55.5 Å². The number of non-ortho nitro benzene ring substituents is 1. The van der Waals surface area contributed by atoms with Gasteiger partial charge in [-0.1, -0.05) is 0 Å². The van der Waals surface area contributed by atoms with Crippen LogP contribution in [-0.4, -0.2) is 71.1 Å². The van der Waals surface area contributed by atoms with Crippen LogP contribution in [0.3, 0.4) is 0 Å². The summed E-state index contributed by atoms with van der Waals surface area (Å²) in [5.74, 6) is 0.0181. The van der Waals surface area contributed by atoms with E-state index in [0.29, 0.717) is 25.3 Å². The Bertz CT molecular complexity index is 845. The Kier molecular flexibility index (Phi) is 4.96. The predicted molar refractivity (Wildman–Crippen MR) is 110 cm³/mol. The lowest BCUT2D eigenvalue weighted by molar-refractivity contribution is -0.384. The van der Waals surface area contributed by atoms with Crippen molar-refractivity contribution in [1.29, 1.82) is 0 Å². The molecule has 1 aromatic rings. The van der Waals surface area contributed by atoms with Crippen LogP contribution in [0, 0.1) is 15.5 Å². The van der Waals surface area contributed by atoms with Crippen molar-refractivity contribution in [1.82, 2.24) is 9.80 Å². The molecule has 162 valence electrons. The number of benzene rings is 1. The van der Waals surface area contributed by atoms with Gasteiger partial charge in [0.2, 0.25) is 5.91 Å². The van der Waals surface area contributed by atoms with Crippen molar-refractivity contribution in [2.24, 2.45) is 5.41 Å². The Morgan fingerprint density at radius 2 is 1.77 bits per heavy atom. The Balaban J connectivity index is 1.29. The first kappa shape index (κ1) is 20.6. The summed E-state index contributed by atoms with van der Waals surface area (Å²) in [5, 5.41) is 10.9. The number of anilines is 1. The Hall–Kier alpha value is -2.68. The van der Waals surface area contributed by atoms with Crippen molar-refractivity contribution in [3.05, 3.63) is 34.4 Å². The van der Waals surface area contributed by atoms with Gasteiger partial charge in [-0.3, -0.25) is 19.8 Å². The second-order valence-electron chi connectivity index (χ2n) is 9.75. The van der Waals surface area contributed by atoms with E-state index >= 15 is 0 Å². The molecule has 2 saturated heterocycles. The normalized spacial score (nSPS) is 20.3. The van der Waals surface area contributed by atoms with Crippen LogP contribution >= 0.6 is 0 Å². The van der Waals surface area contributed by atoms with Gasteiger partial charge in [-0.05, 0) is 45.7 Å². The van der Waals surface area contributed by atoms with Crippen molar-refractivity contribution in [3.8, 4) is 0 Å². The molecular weight excluding hydrogens is 388 g/mol. The number of hydrogen-bond donors (Lipinski definition) is 0. The largest absolute Gasteiger partial charge is 0.444 e. The van der Waals surface area contributed by atoms with E-state index in [1.165, 1.54) is 12.1 Å². The molecule has 2 amide bonds. The minimum Gasteiger partial charge on any atom is -0.444 e. The van der Waals surface area contributed by atoms with Crippen molar-refractivity contribution in [3.63, 3.8) is 0 Å². The molecule has 30 heavy (non-hydrogen) atoms. The third-order valence-corrected chi connectivity index (χ3v) is 5.70. The molecule has 1 aliphatic carbocycles. The number of likely N-dealkylation sites (tertiary alicyclic amines) is 2. The van der Waals surface area contributed by atoms with Crippen LogP contribution in [0.5, 0.6) is 0 Å². The molecule has 2 heterocycles. The van der Waals surface area contributed by atoms with E-state index < -0.39 is 10.5 Å². The number of ether oxygens (including phenoxy) is 1. The number of nitro benzene ring substituents is 1. The first-order valence-electron chi connectivity index (χ1n) is 10.3. The average molecular weight is 416 g/mol. The molecule has 0 N–H and O–H groups in total. The quantitative estimate of drug-likeness (QED) is 0.541. The SMILES string of the molecule is CC(C)(C)OC(=O)N1CC2(CN(CC(=O)N(c3ccc([N+](=O)[O-])cc3)C3CC3)C2)C1. The Labute approximate surface area is 175 Å². The summed E-state index contributed by atoms with van der Waals surface area (Å²) in [7, 11) is 0. The van der Waals surface area contributed by atoms with E-state index in [1.807, 2.05) is 20.8 Å². The number of amides is 2. The average Bonchev–Trinajstić information content (AvgIpc) is 3.39. The molecule has 9 heteroatoms. The van der Waals surface area contributed by atoms with Crippen LogP contribution in [0.2, 0.25) is 0 Å². The molecule has 1 aromatic carbocycles. The third kappa shape index (κ3) is 4.26. The summed E-state index contributed by atoms with van der Waals surface area (Å²) in [5.41, 5.74) is 0.311. The molecule has 1 saturated carbocycles. The van der Waals surface area contributed by atoms with Gasteiger partial charge < -0.3 is 14.5 Å². The van der Waals surface area contributed by atoms with Gasteiger partial charge >= 0.3 is 6.09 Å². The van der Waals surface area contributed by atoms with Crippen molar-refractivity contribution in [2.45, 2.75) is 45.3 Å². The number of rotatable bonds is 5. The maximum absolute atomic E-state index is 13.0. The highest BCUT2D eigenvalue weighted by atomic mass is 16.6. The monoisotopic (exact) mass is 416 g/mol. The predicted octanol–water partition coefficient (Wildman–Crippen LogP) is 2.64. The standard InChI is InChI=1S/C21H28N4O5/c1-20(2,3)30-19(27)23-13-21(14-23)11-22(12-21)10-18(26)24(15-4-5-15)16-6-8-17(9-7-16)25(28)29/h6-9,15H,4-5,10-14H2,1-3H3. The Morgan fingerprint density at radius 3 is 2.27 bits per heavy atom. The molecule has 3 fully saturated rings. The zero-order valence-corrected chi connectivity index (χ0v) is 17.7. The number of hydrogen-bond acceptors (Lipinski definition) is 6. The second kappa shape index (κ2) is 7.23. The fourth-order valence-electron chi connectivity index (χ4n) is 4.33. The van der Waals surface area contributed by atoms with Gasteiger partial charge in [-0.15, -0.1) is 0 Å². The first-order valence-corrected chi connectivity index (χ1v) is 10.3. The van der Waals surface area contributed by atoms with Crippen LogP contribution in [0.25, 0.3) is 0 Å². The van der Waals surface area contributed by atoms with E-state index in [-0.39, 0.29) is 29.1 Å². The van der Waals surface area contributed by atoms with Gasteiger partial charge in [0.05, 0.1) is 11.5 Å². The summed E-state index contributed by atoms with van der Waals surface area (Å²) in [6.45, 7) is 8.80. The topological polar surface area (TPSA) is 96.2 Å². The minimum atomic E-state index is -0.498. The molecule has 1 spiro atoms. The molecule has 9 nitrogen and oxygen atoms in total. The molecule has 0 radical (unpaired) electrons. The number of nitro groups is 1. The summed E-state index contributed by atoms with van der Waals surface area (Å²) in [6, 6.07) is 6.36. The highest BCUT2D eigenvalue weighted by Crippen LogP contribution is 2.40. The van der Waals surface area contributed by atoms with E-state index in [0.717, 1.165) is 25.9 Å². The second-order valence-corrected chi connectivity index (χ2v) is 9.75. The molecule has 0 atom stereocenters. The maximum Gasteiger partial charge on any atom is 0.410 e. The third-order valence-electron chi connectivity index (χ3n) is 5.70. The van der Waals surface area contributed by atoms with E-state index in [9.17, 15) is 19.7 Å². The summed E-state index contributed by atoms with van der Waals surface area (Å²) in [4.78, 5) is 41.1. The highest BCUT2D eigenvalue weighted by molar-refractivity contribution is 5.96. The lowest BCUT2D eigenvalue weighted by atomic mass is 9.73. The van der Waals surface area contributed by atoms with E-state index in [2.05, 4.69) is 4.90 Å². The minimum absolute atomic E-state index is 0.0181. The molecular formula is C21H28N4O5. The van der Waals surface area contributed by atoms with Gasteiger partial charge in [0.1, 0.15) is 5.60 Å². The van der Waals surface area contributed by atoms with Crippen LogP contribution in [-0.2, 0) is 9.53 Å².